The third-order valence-electron chi connectivity index (χ3n) is 4.92. The number of likely N-dealkylation sites (tertiary alicyclic amines) is 1. The van der Waals surface area contributed by atoms with Crippen LogP contribution in [-0.4, -0.2) is 50.3 Å². The van der Waals surface area contributed by atoms with Crippen LogP contribution in [0.25, 0.3) is 11.5 Å². The van der Waals surface area contributed by atoms with Crippen LogP contribution in [-0.2, 0) is 12.8 Å². The summed E-state index contributed by atoms with van der Waals surface area (Å²) in [6, 6.07) is 6.13. The summed E-state index contributed by atoms with van der Waals surface area (Å²) in [6.45, 7) is 3.58. The number of fused-ring (bicyclic) bond motifs is 1. The van der Waals surface area contributed by atoms with Crippen LogP contribution in [0.3, 0.4) is 0 Å². The average molecular weight is 325 g/mol. The molecular weight excluding hydrogens is 302 g/mol. The van der Waals surface area contributed by atoms with E-state index in [2.05, 4.69) is 15.2 Å². The lowest BCUT2D eigenvalue weighted by atomic mass is 10.2. The number of aromatic nitrogens is 3. The third kappa shape index (κ3) is 2.99. The zero-order valence-electron chi connectivity index (χ0n) is 13.9. The van der Waals surface area contributed by atoms with Gasteiger partial charge in [-0.15, -0.1) is 0 Å². The summed E-state index contributed by atoms with van der Waals surface area (Å²) in [5.74, 6) is 1.65. The Kier molecular flexibility index (Phi) is 4.16. The molecule has 2 unspecified atom stereocenters. The van der Waals surface area contributed by atoms with Gasteiger partial charge in [0.05, 0.1) is 0 Å². The van der Waals surface area contributed by atoms with Crippen molar-refractivity contribution in [2.75, 3.05) is 18.4 Å². The maximum Gasteiger partial charge on any atom is 0.180 e. The van der Waals surface area contributed by atoms with Crippen LogP contribution in [0.1, 0.15) is 31.0 Å². The standard InChI is InChI=1S/C18H23N5O/c1-12(24)23-10-8-13(11-23)20-17-14-5-4-7-15(14)21-18(22-17)16-6-2-3-9-19-16/h2-3,6,9,12-13,24H,4-5,7-8,10-11H2,1H3,(H,20,21,22). The Bertz CT molecular complexity index is 719. The van der Waals surface area contributed by atoms with Crippen LogP contribution < -0.4 is 5.32 Å². The highest BCUT2D eigenvalue weighted by atomic mass is 16.3. The van der Waals surface area contributed by atoms with Crippen LogP contribution in [0, 0.1) is 0 Å². The first-order valence-corrected chi connectivity index (χ1v) is 8.70. The van der Waals surface area contributed by atoms with Crippen molar-refractivity contribution in [1.82, 2.24) is 19.9 Å². The van der Waals surface area contributed by atoms with Gasteiger partial charge < -0.3 is 10.4 Å². The first kappa shape index (κ1) is 15.5. The number of rotatable bonds is 4. The molecule has 1 aliphatic carbocycles. The average Bonchev–Trinajstić information content (AvgIpc) is 3.24. The van der Waals surface area contributed by atoms with Crippen molar-refractivity contribution in [2.24, 2.45) is 0 Å². The molecule has 0 bridgehead atoms. The summed E-state index contributed by atoms with van der Waals surface area (Å²) in [6.07, 6.45) is 5.58. The number of hydrogen-bond donors (Lipinski definition) is 2. The van der Waals surface area contributed by atoms with Crippen LogP contribution >= 0.6 is 0 Å². The third-order valence-corrected chi connectivity index (χ3v) is 4.92. The molecule has 2 aliphatic rings. The van der Waals surface area contributed by atoms with E-state index in [-0.39, 0.29) is 0 Å². The second-order valence-electron chi connectivity index (χ2n) is 6.65. The van der Waals surface area contributed by atoms with Crippen LogP contribution in [0.4, 0.5) is 5.82 Å². The molecule has 24 heavy (non-hydrogen) atoms. The van der Waals surface area contributed by atoms with Gasteiger partial charge in [-0.05, 0) is 44.7 Å². The van der Waals surface area contributed by atoms with Crippen molar-refractivity contribution < 1.29 is 5.11 Å². The van der Waals surface area contributed by atoms with Crippen LogP contribution in [0.5, 0.6) is 0 Å². The molecule has 126 valence electrons. The maximum absolute atomic E-state index is 9.75. The predicted octanol–water partition coefficient (Wildman–Crippen LogP) is 1.85. The van der Waals surface area contributed by atoms with E-state index in [0.29, 0.717) is 11.9 Å². The van der Waals surface area contributed by atoms with Gasteiger partial charge in [0.2, 0.25) is 0 Å². The monoisotopic (exact) mass is 325 g/mol. The summed E-state index contributed by atoms with van der Waals surface area (Å²) in [4.78, 5) is 16.0. The molecule has 2 aromatic rings. The zero-order valence-corrected chi connectivity index (χ0v) is 13.9. The Balaban J connectivity index is 1.62. The molecule has 0 saturated carbocycles. The molecule has 0 radical (unpaired) electrons. The highest BCUT2D eigenvalue weighted by Gasteiger charge is 2.27. The SMILES string of the molecule is CC(O)N1CCC(Nc2nc(-c3ccccn3)nc3c2CCC3)C1. The fourth-order valence-corrected chi connectivity index (χ4v) is 3.60. The second kappa shape index (κ2) is 6.45. The van der Waals surface area contributed by atoms with Gasteiger partial charge in [0.1, 0.15) is 17.7 Å². The first-order chi connectivity index (χ1) is 11.7. The Morgan fingerprint density at radius 1 is 1.29 bits per heavy atom. The molecule has 1 aliphatic heterocycles. The summed E-state index contributed by atoms with van der Waals surface area (Å²) in [7, 11) is 0. The van der Waals surface area contributed by atoms with E-state index in [1.807, 2.05) is 25.1 Å². The Morgan fingerprint density at radius 3 is 2.96 bits per heavy atom. The molecule has 3 heterocycles. The van der Waals surface area contributed by atoms with Crippen LogP contribution in [0.2, 0.25) is 0 Å². The molecule has 2 aromatic heterocycles. The van der Waals surface area contributed by atoms with Gasteiger partial charge in [-0.1, -0.05) is 6.07 Å². The smallest absolute Gasteiger partial charge is 0.180 e. The minimum Gasteiger partial charge on any atom is -0.379 e. The number of aliphatic hydroxyl groups is 1. The van der Waals surface area contributed by atoms with E-state index in [9.17, 15) is 5.11 Å². The predicted molar refractivity (Wildman–Crippen MR) is 92.6 cm³/mol. The number of nitrogens with one attached hydrogen (secondary N) is 1. The summed E-state index contributed by atoms with van der Waals surface area (Å²) in [5, 5.41) is 13.4. The molecule has 0 aromatic carbocycles. The zero-order chi connectivity index (χ0) is 16.5. The van der Waals surface area contributed by atoms with Gasteiger partial charge in [-0.25, -0.2) is 9.97 Å². The molecule has 6 heteroatoms. The highest BCUT2D eigenvalue weighted by Crippen LogP contribution is 2.30. The van der Waals surface area contributed by atoms with E-state index in [1.54, 1.807) is 6.20 Å². The fraction of sp³-hybridized carbons (Fsp3) is 0.500. The molecule has 1 saturated heterocycles. The van der Waals surface area contributed by atoms with Crippen molar-refractivity contribution in [3.8, 4) is 11.5 Å². The minimum absolute atomic E-state index is 0.316. The van der Waals surface area contributed by atoms with E-state index in [0.717, 1.165) is 56.0 Å². The van der Waals surface area contributed by atoms with Gasteiger partial charge >= 0.3 is 0 Å². The van der Waals surface area contributed by atoms with Crippen molar-refractivity contribution >= 4 is 5.82 Å². The Labute approximate surface area is 142 Å². The van der Waals surface area contributed by atoms with E-state index in [1.165, 1.54) is 5.56 Å². The molecule has 0 spiro atoms. The number of aryl methyl sites for hydroxylation is 1. The lowest BCUT2D eigenvalue weighted by Gasteiger charge is -2.20. The number of pyridine rings is 1. The van der Waals surface area contributed by atoms with Crippen molar-refractivity contribution in [3.05, 3.63) is 35.7 Å². The summed E-state index contributed by atoms with van der Waals surface area (Å²) < 4.78 is 0. The number of aliphatic hydroxyl groups excluding tert-OH is 1. The normalized spacial score (nSPS) is 21.7. The fourth-order valence-electron chi connectivity index (χ4n) is 3.60. The van der Waals surface area contributed by atoms with E-state index >= 15 is 0 Å². The summed E-state index contributed by atoms with van der Waals surface area (Å²) >= 11 is 0. The van der Waals surface area contributed by atoms with Gasteiger partial charge in [-0.3, -0.25) is 9.88 Å². The van der Waals surface area contributed by atoms with Gasteiger partial charge in [0.25, 0.3) is 0 Å². The number of hydrogen-bond acceptors (Lipinski definition) is 6. The Hall–Kier alpha value is -2.05. The molecule has 4 rings (SSSR count). The second-order valence-corrected chi connectivity index (χ2v) is 6.65. The minimum atomic E-state index is -0.392. The largest absolute Gasteiger partial charge is 0.379 e. The van der Waals surface area contributed by atoms with Crippen molar-refractivity contribution in [1.29, 1.82) is 0 Å². The molecule has 2 atom stereocenters. The topological polar surface area (TPSA) is 74.2 Å². The van der Waals surface area contributed by atoms with E-state index < -0.39 is 6.23 Å². The van der Waals surface area contributed by atoms with Gasteiger partial charge in [-0.2, -0.15) is 0 Å². The molecule has 2 N–H and O–H groups in total. The molecular formula is C18H23N5O. The number of nitrogens with zero attached hydrogens (tertiary/aromatic N) is 4. The maximum atomic E-state index is 9.75. The van der Waals surface area contributed by atoms with Gasteiger partial charge in [0.15, 0.2) is 5.82 Å². The first-order valence-electron chi connectivity index (χ1n) is 8.70. The van der Waals surface area contributed by atoms with Crippen molar-refractivity contribution in [2.45, 2.75) is 44.9 Å². The lowest BCUT2D eigenvalue weighted by molar-refractivity contribution is 0.0363. The molecule has 1 fully saturated rings. The molecule has 6 nitrogen and oxygen atoms in total. The molecule has 0 amide bonds. The highest BCUT2D eigenvalue weighted by molar-refractivity contribution is 5.58. The number of anilines is 1. The van der Waals surface area contributed by atoms with Crippen molar-refractivity contribution in [3.63, 3.8) is 0 Å². The Morgan fingerprint density at radius 2 is 2.21 bits per heavy atom. The summed E-state index contributed by atoms with van der Waals surface area (Å²) in [5.41, 5.74) is 3.22. The quantitative estimate of drug-likeness (QED) is 0.894. The lowest BCUT2D eigenvalue weighted by Crippen LogP contribution is -2.33. The van der Waals surface area contributed by atoms with Gasteiger partial charge in [0, 0.05) is 36.6 Å². The van der Waals surface area contributed by atoms with Crippen LogP contribution in [0.15, 0.2) is 24.4 Å². The van der Waals surface area contributed by atoms with E-state index in [4.69, 9.17) is 9.97 Å².